The number of benzene rings is 1. The van der Waals surface area contributed by atoms with E-state index in [0.29, 0.717) is 0 Å². The molecule has 0 aliphatic carbocycles. The van der Waals surface area contributed by atoms with Gasteiger partial charge in [0, 0.05) is 31.9 Å². The fourth-order valence-corrected chi connectivity index (χ4v) is 3.24. The van der Waals surface area contributed by atoms with E-state index in [0.717, 1.165) is 64.5 Å². The van der Waals surface area contributed by atoms with Gasteiger partial charge < -0.3 is 15.4 Å². The molecule has 0 radical (unpaired) electrons. The lowest BCUT2D eigenvalue weighted by Gasteiger charge is -2.32. The number of hydrogen-bond donors (Lipinski definition) is 2. The molecule has 2 saturated heterocycles. The highest BCUT2D eigenvalue weighted by molar-refractivity contribution is 5.95. The maximum Gasteiger partial charge on any atom is 0.231 e. The number of amides is 1. The van der Waals surface area contributed by atoms with Crippen molar-refractivity contribution >= 4 is 11.6 Å². The number of nitrogens with one attached hydrogen (secondary N) is 2. The van der Waals surface area contributed by atoms with Gasteiger partial charge in [0.05, 0.1) is 18.6 Å². The molecule has 2 aliphatic rings. The van der Waals surface area contributed by atoms with E-state index in [4.69, 9.17) is 4.74 Å². The number of ether oxygens (including phenoxy) is 1. The Labute approximate surface area is 138 Å². The molecule has 2 aliphatic heterocycles. The average molecular weight is 317 g/mol. The minimum atomic E-state index is -0.301. The molecular weight excluding hydrogens is 290 g/mol. The van der Waals surface area contributed by atoms with E-state index < -0.39 is 0 Å². The molecule has 3 rings (SSSR count). The Bertz CT molecular complexity index is 518. The Kier molecular flexibility index (Phi) is 5.30. The third-order valence-corrected chi connectivity index (χ3v) is 4.87. The third kappa shape index (κ3) is 4.31. The van der Waals surface area contributed by atoms with E-state index in [1.165, 1.54) is 5.56 Å². The maximum absolute atomic E-state index is 12.5. The van der Waals surface area contributed by atoms with Gasteiger partial charge in [-0.25, -0.2) is 0 Å². The molecule has 1 atom stereocenters. The first-order chi connectivity index (χ1) is 11.2. The molecule has 1 unspecified atom stereocenters. The molecule has 0 saturated carbocycles. The second-order valence-corrected chi connectivity index (χ2v) is 6.88. The first kappa shape index (κ1) is 16.4. The summed E-state index contributed by atoms with van der Waals surface area (Å²) in [5.74, 6) is 0.116. The number of rotatable bonds is 4. The van der Waals surface area contributed by atoms with Crippen molar-refractivity contribution in [3.05, 3.63) is 29.8 Å². The summed E-state index contributed by atoms with van der Waals surface area (Å²) in [7, 11) is 0. The molecule has 23 heavy (non-hydrogen) atoms. The van der Waals surface area contributed by atoms with Gasteiger partial charge in [0.2, 0.25) is 5.91 Å². The SMILES string of the molecule is CC1(C(=O)Nc2ccc(CN3CCOCC3)cc2)CCCNC1. The van der Waals surface area contributed by atoms with Crippen LogP contribution in [0.5, 0.6) is 0 Å². The predicted molar refractivity (Wildman–Crippen MR) is 91.4 cm³/mol. The molecule has 1 aromatic carbocycles. The van der Waals surface area contributed by atoms with Gasteiger partial charge in [-0.1, -0.05) is 12.1 Å². The lowest BCUT2D eigenvalue weighted by Crippen LogP contribution is -2.46. The van der Waals surface area contributed by atoms with E-state index in [1.54, 1.807) is 0 Å². The Balaban J connectivity index is 1.55. The average Bonchev–Trinajstić information content (AvgIpc) is 2.58. The van der Waals surface area contributed by atoms with E-state index in [-0.39, 0.29) is 11.3 Å². The van der Waals surface area contributed by atoms with Crippen molar-refractivity contribution in [1.82, 2.24) is 10.2 Å². The molecule has 1 aromatic rings. The van der Waals surface area contributed by atoms with Gasteiger partial charge in [-0.05, 0) is 44.0 Å². The van der Waals surface area contributed by atoms with Crippen molar-refractivity contribution in [3.63, 3.8) is 0 Å². The van der Waals surface area contributed by atoms with E-state index in [1.807, 2.05) is 19.1 Å². The third-order valence-electron chi connectivity index (χ3n) is 4.87. The van der Waals surface area contributed by atoms with Crippen molar-refractivity contribution < 1.29 is 9.53 Å². The summed E-state index contributed by atoms with van der Waals surface area (Å²) >= 11 is 0. The lowest BCUT2D eigenvalue weighted by molar-refractivity contribution is -0.125. The minimum absolute atomic E-state index is 0.116. The molecule has 126 valence electrons. The molecular formula is C18H27N3O2. The Morgan fingerprint density at radius 3 is 2.70 bits per heavy atom. The Morgan fingerprint density at radius 2 is 2.04 bits per heavy atom. The van der Waals surface area contributed by atoms with Crippen LogP contribution in [0.4, 0.5) is 5.69 Å². The summed E-state index contributed by atoms with van der Waals surface area (Å²) in [4.78, 5) is 14.9. The lowest BCUT2D eigenvalue weighted by atomic mass is 9.82. The van der Waals surface area contributed by atoms with Gasteiger partial charge in [-0.3, -0.25) is 9.69 Å². The molecule has 2 N–H and O–H groups in total. The standard InChI is InChI=1S/C18H27N3O2/c1-18(7-2-8-19-14-18)17(22)20-16-5-3-15(4-6-16)13-21-9-11-23-12-10-21/h3-6,19H,2,7-14H2,1H3,(H,20,22). The van der Waals surface area contributed by atoms with Crippen LogP contribution in [-0.4, -0.2) is 50.2 Å². The number of anilines is 1. The monoisotopic (exact) mass is 317 g/mol. The molecule has 0 aromatic heterocycles. The summed E-state index contributed by atoms with van der Waals surface area (Å²) in [6, 6.07) is 8.22. The van der Waals surface area contributed by atoms with Gasteiger partial charge >= 0.3 is 0 Å². The molecule has 5 heteroatoms. The second-order valence-electron chi connectivity index (χ2n) is 6.88. The second kappa shape index (κ2) is 7.43. The van der Waals surface area contributed by atoms with Crippen molar-refractivity contribution in [1.29, 1.82) is 0 Å². The van der Waals surface area contributed by atoms with E-state index in [9.17, 15) is 4.79 Å². The van der Waals surface area contributed by atoms with Crippen LogP contribution in [0.2, 0.25) is 0 Å². The quantitative estimate of drug-likeness (QED) is 0.890. The van der Waals surface area contributed by atoms with Crippen molar-refractivity contribution in [3.8, 4) is 0 Å². The molecule has 1 amide bonds. The molecule has 0 spiro atoms. The number of morpholine rings is 1. The normalized spacial score (nSPS) is 26.0. The van der Waals surface area contributed by atoms with Crippen LogP contribution < -0.4 is 10.6 Å². The highest BCUT2D eigenvalue weighted by Gasteiger charge is 2.34. The molecule has 2 fully saturated rings. The smallest absolute Gasteiger partial charge is 0.231 e. The Hall–Kier alpha value is -1.43. The van der Waals surface area contributed by atoms with Crippen LogP contribution in [0.1, 0.15) is 25.3 Å². The van der Waals surface area contributed by atoms with Crippen LogP contribution in [0, 0.1) is 5.41 Å². The van der Waals surface area contributed by atoms with Crippen molar-refractivity contribution in [2.24, 2.45) is 5.41 Å². The van der Waals surface area contributed by atoms with Crippen molar-refractivity contribution in [2.75, 3.05) is 44.7 Å². The van der Waals surface area contributed by atoms with Gasteiger partial charge in [0.25, 0.3) is 0 Å². The first-order valence-corrected chi connectivity index (χ1v) is 8.57. The predicted octanol–water partition coefficient (Wildman–Crippen LogP) is 1.85. The fraction of sp³-hybridized carbons (Fsp3) is 0.611. The zero-order chi connectivity index (χ0) is 16.1. The van der Waals surface area contributed by atoms with E-state index in [2.05, 4.69) is 27.7 Å². The zero-order valence-electron chi connectivity index (χ0n) is 13.9. The molecule has 2 heterocycles. The number of carbonyl (C=O) groups is 1. The number of hydrogen-bond acceptors (Lipinski definition) is 4. The van der Waals surface area contributed by atoms with Crippen molar-refractivity contribution in [2.45, 2.75) is 26.3 Å². The van der Waals surface area contributed by atoms with Crippen LogP contribution in [0.15, 0.2) is 24.3 Å². The van der Waals surface area contributed by atoms with E-state index >= 15 is 0 Å². The largest absolute Gasteiger partial charge is 0.379 e. The van der Waals surface area contributed by atoms with Crippen LogP contribution in [0.25, 0.3) is 0 Å². The number of nitrogens with zero attached hydrogens (tertiary/aromatic N) is 1. The highest BCUT2D eigenvalue weighted by Crippen LogP contribution is 2.27. The van der Waals surface area contributed by atoms with Crippen LogP contribution in [0.3, 0.4) is 0 Å². The van der Waals surface area contributed by atoms with Gasteiger partial charge in [0.15, 0.2) is 0 Å². The number of piperidine rings is 1. The highest BCUT2D eigenvalue weighted by atomic mass is 16.5. The molecule has 5 nitrogen and oxygen atoms in total. The summed E-state index contributed by atoms with van der Waals surface area (Å²) in [5.41, 5.74) is 1.85. The van der Waals surface area contributed by atoms with Gasteiger partial charge in [-0.15, -0.1) is 0 Å². The van der Waals surface area contributed by atoms with Crippen LogP contribution in [-0.2, 0) is 16.1 Å². The zero-order valence-corrected chi connectivity index (χ0v) is 13.9. The summed E-state index contributed by atoms with van der Waals surface area (Å²) in [5, 5.41) is 6.39. The minimum Gasteiger partial charge on any atom is -0.379 e. The van der Waals surface area contributed by atoms with Crippen LogP contribution >= 0.6 is 0 Å². The van der Waals surface area contributed by atoms with Gasteiger partial charge in [-0.2, -0.15) is 0 Å². The maximum atomic E-state index is 12.5. The molecule has 0 bridgehead atoms. The first-order valence-electron chi connectivity index (χ1n) is 8.57. The summed E-state index contributed by atoms with van der Waals surface area (Å²) in [6.07, 6.45) is 2.00. The number of carbonyl (C=O) groups excluding carboxylic acids is 1. The Morgan fingerprint density at radius 1 is 1.30 bits per heavy atom. The summed E-state index contributed by atoms with van der Waals surface area (Å²) < 4.78 is 5.37. The fourth-order valence-electron chi connectivity index (χ4n) is 3.24. The van der Waals surface area contributed by atoms with Gasteiger partial charge in [0.1, 0.15) is 0 Å². The topological polar surface area (TPSA) is 53.6 Å². The summed E-state index contributed by atoms with van der Waals surface area (Å²) in [6.45, 7) is 8.38.